The minimum Gasteiger partial charge on any atom is -0.469 e. The number of carbonyl (C=O) groups excluding carboxylic acids is 1. The van der Waals surface area contributed by atoms with Gasteiger partial charge in [-0.25, -0.2) is 0 Å². The van der Waals surface area contributed by atoms with E-state index in [0.717, 1.165) is 4.47 Å². The number of benzene rings is 1. The molecular weight excluding hydrogens is 284 g/mol. The fourth-order valence-corrected chi connectivity index (χ4v) is 1.63. The van der Waals surface area contributed by atoms with Crippen molar-refractivity contribution in [3.05, 3.63) is 46.3 Å². The molecule has 1 heterocycles. The van der Waals surface area contributed by atoms with E-state index in [1.165, 1.54) is 6.26 Å². The third kappa shape index (κ3) is 2.68. The molecule has 2 rings (SSSR count). The van der Waals surface area contributed by atoms with Gasteiger partial charge in [0.1, 0.15) is 12.0 Å². The van der Waals surface area contributed by atoms with Crippen molar-refractivity contribution in [1.29, 1.82) is 0 Å². The standard InChI is InChI=1S/C12H11BrN2O2/c1-7-4-8(6-17-7)12(16)15-9-2-3-10(13)11(14)5-9/h2-6H,14H2,1H3,(H,15,16). The summed E-state index contributed by atoms with van der Waals surface area (Å²) < 4.78 is 5.87. The van der Waals surface area contributed by atoms with Crippen LogP contribution in [0.2, 0.25) is 0 Å². The summed E-state index contributed by atoms with van der Waals surface area (Å²) in [6, 6.07) is 6.92. The summed E-state index contributed by atoms with van der Waals surface area (Å²) in [6.45, 7) is 1.79. The normalized spacial score (nSPS) is 10.2. The van der Waals surface area contributed by atoms with Gasteiger partial charge in [-0.2, -0.15) is 0 Å². The van der Waals surface area contributed by atoms with Gasteiger partial charge in [0.05, 0.1) is 5.56 Å². The van der Waals surface area contributed by atoms with E-state index < -0.39 is 0 Å². The van der Waals surface area contributed by atoms with Crippen LogP contribution in [0.3, 0.4) is 0 Å². The average Bonchev–Trinajstić information content (AvgIpc) is 2.70. The molecule has 1 aromatic carbocycles. The fraction of sp³-hybridized carbons (Fsp3) is 0.0833. The maximum atomic E-state index is 11.8. The van der Waals surface area contributed by atoms with Gasteiger partial charge in [0, 0.05) is 15.8 Å². The van der Waals surface area contributed by atoms with Crippen LogP contribution in [0.25, 0.3) is 0 Å². The second kappa shape index (κ2) is 4.63. The zero-order valence-corrected chi connectivity index (χ0v) is 10.7. The smallest absolute Gasteiger partial charge is 0.258 e. The molecule has 1 amide bonds. The van der Waals surface area contributed by atoms with Crippen molar-refractivity contribution in [2.45, 2.75) is 6.92 Å². The molecule has 5 heteroatoms. The summed E-state index contributed by atoms with van der Waals surface area (Å²) in [5.41, 5.74) is 7.44. The lowest BCUT2D eigenvalue weighted by Gasteiger charge is -2.05. The van der Waals surface area contributed by atoms with E-state index in [0.29, 0.717) is 22.7 Å². The number of nitrogens with two attached hydrogens (primary N) is 1. The lowest BCUT2D eigenvalue weighted by Crippen LogP contribution is -2.11. The van der Waals surface area contributed by atoms with Gasteiger partial charge in [-0.15, -0.1) is 0 Å². The predicted molar refractivity (Wildman–Crippen MR) is 70.0 cm³/mol. The fourth-order valence-electron chi connectivity index (χ4n) is 1.39. The number of furan rings is 1. The zero-order valence-electron chi connectivity index (χ0n) is 9.16. The summed E-state index contributed by atoms with van der Waals surface area (Å²) >= 11 is 3.29. The largest absolute Gasteiger partial charge is 0.469 e. The van der Waals surface area contributed by atoms with Crippen molar-refractivity contribution in [1.82, 2.24) is 0 Å². The SMILES string of the molecule is Cc1cc(C(=O)Nc2ccc(Br)c(N)c2)co1. The second-order valence-corrected chi connectivity index (χ2v) is 4.49. The van der Waals surface area contributed by atoms with Gasteiger partial charge in [-0.05, 0) is 47.1 Å². The van der Waals surface area contributed by atoms with Crippen LogP contribution in [0.15, 0.2) is 39.4 Å². The van der Waals surface area contributed by atoms with E-state index in [4.69, 9.17) is 10.2 Å². The van der Waals surface area contributed by atoms with Gasteiger partial charge in [0.2, 0.25) is 0 Å². The number of nitrogens with one attached hydrogen (secondary N) is 1. The molecule has 0 saturated carbocycles. The molecule has 0 radical (unpaired) electrons. The van der Waals surface area contributed by atoms with Crippen LogP contribution in [0.1, 0.15) is 16.1 Å². The summed E-state index contributed by atoms with van der Waals surface area (Å²) in [4.78, 5) is 11.8. The molecule has 0 aliphatic rings. The zero-order chi connectivity index (χ0) is 12.4. The van der Waals surface area contributed by atoms with Gasteiger partial charge >= 0.3 is 0 Å². The highest BCUT2D eigenvalue weighted by Gasteiger charge is 2.09. The minimum absolute atomic E-state index is 0.219. The van der Waals surface area contributed by atoms with Crippen LogP contribution in [0.4, 0.5) is 11.4 Å². The molecule has 88 valence electrons. The summed E-state index contributed by atoms with van der Waals surface area (Å²) in [5.74, 6) is 0.481. The van der Waals surface area contributed by atoms with Gasteiger partial charge in [-0.3, -0.25) is 4.79 Å². The van der Waals surface area contributed by atoms with Crippen LogP contribution in [-0.2, 0) is 0 Å². The number of carbonyl (C=O) groups is 1. The number of amides is 1. The summed E-state index contributed by atoms with van der Waals surface area (Å²) in [5, 5.41) is 2.74. The van der Waals surface area contributed by atoms with Gasteiger partial charge in [-0.1, -0.05) is 0 Å². The van der Waals surface area contributed by atoms with E-state index in [-0.39, 0.29) is 5.91 Å². The number of halogens is 1. The highest BCUT2D eigenvalue weighted by Crippen LogP contribution is 2.23. The number of hydrogen-bond donors (Lipinski definition) is 2. The number of aryl methyl sites for hydroxylation is 1. The number of nitrogen functional groups attached to an aromatic ring is 1. The second-order valence-electron chi connectivity index (χ2n) is 3.64. The lowest BCUT2D eigenvalue weighted by molar-refractivity contribution is 0.102. The predicted octanol–water partition coefficient (Wildman–Crippen LogP) is 3.19. The Kier molecular flexibility index (Phi) is 3.19. The van der Waals surface area contributed by atoms with E-state index in [1.807, 2.05) is 0 Å². The Morgan fingerprint density at radius 1 is 1.41 bits per heavy atom. The highest BCUT2D eigenvalue weighted by atomic mass is 79.9. The molecule has 0 aliphatic carbocycles. The maximum absolute atomic E-state index is 11.8. The van der Waals surface area contributed by atoms with Crippen LogP contribution in [0, 0.1) is 6.92 Å². The molecule has 0 aliphatic heterocycles. The Labute approximate surface area is 107 Å². The molecule has 3 N–H and O–H groups in total. The Balaban J connectivity index is 2.15. The molecule has 4 nitrogen and oxygen atoms in total. The Hall–Kier alpha value is -1.75. The molecule has 2 aromatic rings. The first-order chi connectivity index (χ1) is 8.06. The quantitative estimate of drug-likeness (QED) is 0.836. The van der Waals surface area contributed by atoms with Crippen LogP contribution in [0.5, 0.6) is 0 Å². The Morgan fingerprint density at radius 3 is 2.76 bits per heavy atom. The molecule has 0 bridgehead atoms. The van der Waals surface area contributed by atoms with Gasteiger partial charge in [0.25, 0.3) is 5.91 Å². The third-order valence-corrected chi connectivity index (χ3v) is 2.97. The molecular formula is C12H11BrN2O2. The van der Waals surface area contributed by atoms with Gasteiger partial charge < -0.3 is 15.5 Å². The third-order valence-electron chi connectivity index (χ3n) is 2.25. The van der Waals surface area contributed by atoms with E-state index >= 15 is 0 Å². The van der Waals surface area contributed by atoms with Gasteiger partial charge in [0.15, 0.2) is 0 Å². The monoisotopic (exact) mass is 294 g/mol. The molecule has 0 unspecified atom stereocenters. The summed E-state index contributed by atoms with van der Waals surface area (Å²) in [6.07, 6.45) is 1.42. The number of rotatable bonds is 2. The van der Waals surface area contributed by atoms with Crippen LogP contribution < -0.4 is 11.1 Å². The van der Waals surface area contributed by atoms with E-state index in [1.54, 1.807) is 31.2 Å². The van der Waals surface area contributed by atoms with Crippen molar-refractivity contribution >= 4 is 33.2 Å². The minimum atomic E-state index is -0.219. The first-order valence-corrected chi connectivity index (χ1v) is 5.77. The van der Waals surface area contributed by atoms with Crippen molar-refractivity contribution in [3.8, 4) is 0 Å². The maximum Gasteiger partial charge on any atom is 0.258 e. The Bertz CT molecular complexity index is 563. The highest BCUT2D eigenvalue weighted by molar-refractivity contribution is 9.10. The summed E-state index contributed by atoms with van der Waals surface area (Å²) in [7, 11) is 0. The number of anilines is 2. The molecule has 0 saturated heterocycles. The molecule has 0 fully saturated rings. The molecule has 0 spiro atoms. The lowest BCUT2D eigenvalue weighted by atomic mass is 10.2. The average molecular weight is 295 g/mol. The first-order valence-electron chi connectivity index (χ1n) is 4.98. The molecule has 17 heavy (non-hydrogen) atoms. The van der Waals surface area contributed by atoms with Crippen molar-refractivity contribution in [2.75, 3.05) is 11.1 Å². The first kappa shape index (κ1) is 11.7. The van der Waals surface area contributed by atoms with Crippen molar-refractivity contribution in [2.24, 2.45) is 0 Å². The Morgan fingerprint density at radius 2 is 2.18 bits per heavy atom. The topological polar surface area (TPSA) is 68.3 Å². The van der Waals surface area contributed by atoms with E-state index in [2.05, 4.69) is 21.2 Å². The van der Waals surface area contributed by atoms with E-state index in [9.17, 15) is 4.79 Å². The van der Waals surface area contributed by atoms with Crippen LogP contribution in [-0.4, -0.2) is 5.91 Å². The number of hydrogen-bond acceptors (Lipinski definition) is 3. The molecule has 1 aromatic heterocycles. The van der Waals surface area contributed by atoms with Crippen LogP contribution >= 0.6 is 15.9 Å². The van der Waals surface area contributed by atoms with Crippen molar-refractivity contribution in [3.63, 3.8) is 0 Å². The molecule has 0 atom stereocenters. The van der Waals surface area contributed by atoms with Crippen molar-refractivity contribution < 1.29 is 9.21 Å².